The van der Waals surface area contributed by atoms with Crippen molar-refractivity contribution in [1.82, 2.24) is 10.3 Å². The Bertz CT molecular complexity index is 601. The van der Waals surface area contributed by atoms with Crippen molar-refractivity contribution in [2.24, 2.45) is 0 Å². The molecule has 1 aromatic carbocycles. The van der Waals surface area contributed by atoms with Gasteiger partial charge in [-0.05, 0) is 54.8 Å². The zero-order chi connectivity index (χ0) is 15.2. The van der Waals surface area contributed by atoms with Crippen molar-refractivity contribution in [3.05, 3.63) is 58.4 Å². The van der Waals surface area contributed by atoms with Gasteiger partial charge in [-0.25, -0.2) is 0 Å². The van der Waals surface area contributed by atoms with Gasteiger partial charge in [0.25, 0.3) is 0 Å². The number of methoxy groups -OCH3 is 1. The number of aromatic nitrogens is 1. The third kappa shape index (κ3) is 3.74. The van der Waals surface area contributed by atoms with Crippen LogP contribution in [0, 0.1) is 6.92 Å². The van der Waals surface area contributed by atoms with E-state index in [1.54, 1.807) is 19.5 Å². The lowest BCUT2D eigenvalue weighted by atomic mass is 9.95. The normalized spacial score (nSPS) is 12.2. The molecule has 0 aliphatic carbocycles. The molecule has 2 rings (SSSR count). The summed E-state index contributed by atoms with van der Waals surface area (Å²) >= 11 is 6.33. The summed E-state index contributed by atoms with van der Waals surface area (Å²) in [6.45, 7) is 5.17. The molecular weight excluding hydrogens is 284 g/mol. The average molecular weight is 305 g/mol. The van der Waals surface area contributed by atoms with E-state index in [2.05, 4.69) is 30.2 Å². The summed E-state index contributed by atoms with van der Waals surface area (Å²) in [4.78, 5) is 4.07. The summed E-state index contributed by atoms with van der Waals surface area (Å²) < 4.78 is 5.28. The molecule has 0 aliphatic heterocycles. The van der Waals surface area contributed by atoms with Crippen molar-refractivity contribution in [3.8, 4) is 5.75 Å². The van der Waals surface area contributed by atoms with Crippen LogP contribution in [-0.4, -0.2) is 18.6 Å². The fraction of sp³-hybridized carbons (Fsp3) is 0.353. The number of ether oxygens (including phenoxy) is 1. The van der Waals surface area contributed by atoms with Gasteiger partial charge in [-0.3, -0.25) is 4.98 Å². The zero-order valence-corrected chi connectivity index (χ0v) is 13.4. The standard InChI is InChI=1S/C17H21ClN2O/c1-4-8-20-17(15-7-9-19-11-16(15)18)14-6-5-13(21-3)10-12(14)2/h5-7,9-11,17,20H,4,8H2,1-3H3. The molecule has 0 amide bonds. The second-order valence-corrected chi connectivity index (χ2v) is 5.41. The molecule has 21 heavy (non-hydrogen) atoms. The van der Waals surface area contributed by atoms with Crippen molar-refractivity contribution in [1.29, 1.82) is 0 Å². The molecule has 0 radical (unpaired) electrons. The van der Waals surface area contributed by atoms with Crippen LogP contribution in [-0.2, 0) is 0 Å². The van der Waals surface area contributed by atoms with E-state index in [9.17, 15) is 0 Å². The molecule has 1 aromatic heterocycles. The van der Waals surface area contributed by atoms with Crippen LogP contribution in [0.25, 0.3) is 0 Å². The topological polar surface area (TPSA) is 34.1 Å². The van der Waals surface area contributed by atoms with E-state index in [1.807, 2.05) is 18.2 Å². The molecule has 1 heterocycles. The first-order chi connectivity index (χ1) is 10.2. The van der Waals surface area contributed by atoms with E-state index in [-0.39, 0.29) is 6.04 Å². The van der Waals surface area contributed by atoms with Crippen molar-refractivity contribution in [2.45, 2.75) is 26.3 Å². The number of benzene rings is 1. The fourth-order valence-corrected chi connectivity index (χ4v) is 2.62. The molecule has 4 heteroatoms. The number of rotatable bonds is 6. The first kappa shape index (κ1) is 15.8. The second kappa shape index (κ2) is 7.43. The van der Waals surface area contributed by atoms with Gasteiger partial charge in [-0.15, -0.1) is 0 Å². The number of pyridine rings is 1. The summed E-state index contributed by atoms with van der Waals surface area (Å²) in [6, 6.07) is 8.16. The molecule has 0 aliphatic rings. The van der Waals surface area contributed by atoms with Crippen LogP contribution in [0.1, 0.15) is 36.1 Å². The Balaban J connectivity index is 2.43. The molecule has 1 atom stereocenters. The Morgan fingerprint density at radius 3 is 2.71 bits per heavy atom. The third-order valence-corrected chi connectivity index (χ3v) is 3.82. The van der Waals surface area contributed by atoms with Crippen LogP contribution in [0.3, 0.4) is 0 Å². The molecule has 0 spiro atoms. The zero-order valence-electron chi connectivity index (χ0n) is 12.7. The Hall–Kier alpha value is -1.58. The van der Waals surface area contributed by atoms with Crippen molar-refractivity contribution in [3.63, 3.8) is 0 Å². The number of nitrogens with zero attached hydrogens (tertiary/aromatic N) is 1. The smallest absolute Gasteiger partial charge is 0.119 e. The molecule has 1 N–H and O–H groups in total. The minimum Gasteiger partial charge on any atom is -0.497 e. The van der Waals surface area contributed by atoms with Crippen LogP contribution >= 0.6 is 11.6 Å². The Morgan fingerprint density at radius 2 is 2.10 bits per heavy atom. The van der Waals surface area contributed by atoms with Gasteiger partial charge in [0.05, 0.1) is 18.2 Å². The second-order valence-electron chi connectivity index (χ2n) is 5.01. The summed E-state index contributed by atoms with van der Waals surface area (Å²) in [7, 11) is 1.68. The van der Waals surface area contributed by atoms with Crippen LogP contribution in [0.5, 0.6) is 5.75 Å². The van der Waals surface area contributed by atoms with Crippen LogP contribution < -0.4 is 10.1 Å². The number of nitrogens with one attached hydrogen (secondary N) is 1. The lowest BCUT2D eigenvalue weighted by Gasteiger charge is -2.22. The number of hydrogen-bond acceptors (Lipinski definition) is 3. The quantitative estimate of drug-likeness (QED) is 0.871. The molecular formula is C17H21ClN2O. The highest BCUT2D eigenvalue weighted by Gasteiger charge is 2.18. The van der Waals surface area contributed by atoms with E-state index in [1.165, 1.54) is 11.1 Å². The predicted octanol–water partition coefficient (Wildman–Crippen LogP) is 4.14. The highest BCUT2D eigenvalue weighted by molar-refractivity contribution is 6.31. The fourth-order valence-electron chi connectivity index (χ4n) is 2.40. The van der Waals surface area contributed by atoms with Gasteiger partial charge in [0.1, 0.15) is 5.75 Å². The molecule has 3 nitrogen and oxygen atoms in total. The van der Waals surface area contributed by atoms with Crippen LogP contribution in [0.4, 0.5) is 0 Å². The maximum atomic E-state index is 6.33. The van der Waals surface area contributed by atoms with E-state index < -0.39 is 0 Å². The first-order valence-electron chi connectivity index (χ1n) is 7.14. The lowest BCUT2D eigenvalue weighted by molar-refractivity contribution is 0.414. The third-order valence-electron chi connectivity index (χ3n) is 3.50. The summed E-state index contributed by atoms with van der Waals surface area (Å²) in [5, 5.41) is 4.25. The van der Waals surface area contributed by atoms with Gasteiger partial charge in [0.15, 0.2) is 0 Å². The van der Waals surface area contributed by atoms with Gasteiger partial charge >= 0.3 is 0 Å². The Kier molecular flexibility index (Phi) is 5.59. The summed E-state index contributed by atoms with van der Waals surface area (Å²) in [5.41, 5.74) is 3.43. The van der Waals surface area contributed by atoms with Gasteiger partial charge < -0.3 is 10.1 Å². The molecule has 112 valence electrons. The minimum absolute atomic E-state index is 0.0614. The van der Waals surface area contributed by atoms with Crippen LogP contribution in [0.15, 0.2) is 36.7 Å². The summed E-state index contributed by atoms with van der Waals surface area (Å²) in [5.74, 6) is 0.867. The van der Waals surface area contributed by atoms with Gasteiger partial charge in [-0.2, -0.15) is 0 Å². The predicted molar refractivity (Wildman–Crippen MR) is 87.1 cm³/mol. The molecule has 0 saturated heterocycles. The molecule has 1 unspecified atom stereocenters. The molecule has 0 saturated carbocycles. The average Bonchev–Trinajstić information content (AvgIpc) is 2.50. The van der Waals surface area contributed by atoms with E-state index >= 15 is 0 Å². The highest BCUT2D eigenvalue weighted by atomic mass is 35.5. The van der Waals surface area contributed by atoms with Gasteiger partial charge in [0, 0.05) is 12.4 Å². The van der Waals surface area contributed by atoms with E-state index in [0.717, 1.165) is 24.3 Å². The van der Waals surface area contributed by atoms with E-state index in [4.69, 9.17) is 16.3 Å². The molecule has 2 aromatic rings. The maximum absolute atomic E-state index is 6.33. The van der Waals surface area contributed by atoms with E-state index in [0.29, 0.717) is 5.02 Å². The number of halogens is 1. The monoisotopic (exact) mass is 304 g/mol. The Morgan fingerprint density at radius 1 is 1.29 bits per heavy atom. The SMILES string of the molecule is CCCNC(c1ccc(OC)cc1C)c1ccncc1Cl. The largest absolute Gasteiger partial charge is 0.497 e. The van der Waals surface area contributed by atoms with Gasteiger partial charge in [0.2, 0.25) is 0 Å². The van der Waals surface area contributed by atoms with Crippen molar-refractivity contribution < 1.29 is 4.74 Å². The van der Waals surface area contributed by atoms with Gasteiger partial charge in [-0.1, -0.05) is 24.6 Å². The Labute approximate surface area is 131 Å². The molecule has 0 fully saturated rings. The number of hydrogen-bond donors (Lipinski definition) is 1. The molecule has 0 bridgehead atoms. The number of aryl methyl sites for hydroxylation is 1. The maximum Gasteiger partial charge on any atom is 0.119 e. The summed E-state index contributed by atoms with van der Waals surface area (Å²) in [6.07, 6.45) is 4.53. The lowest BCUT2D eigenvalue weighted by Crippen LogP contribution is -2.24. The van der Waals surface area contributed by atoms with Crippen LogP contribution in [0.2, 0.25) is 5.02 Å². The highest BCUT2D eigenvalue weighted by Crippen LogP contribution is 2.31. The van der Waals surface area contributed by atoms with Crippen molar-refractivity contribution >= 4 is 11.6 Å². The van der Waals surface area contributed by atoms with Crippen molar-refractivity contribution in [2.75, 3.05) is 13.7 Å². The minimum atomic E-state index is 0.0614. The first-order valence-corrected chi connectivity index (χ1v) is 7.52.